The first-order chi connectivity index (χ1) is 14.7. The van der Waals surface area contributed by atoms with Crippen LogP contribution in [0.5, 0.6) is 0 Å². The summed E-state index contributed by atoms with van der Waals surface area (Å²) in [4.78, 5) is 39.0. The minimum absolute atomic E-state index is 0.0429. The number of rotatable bonds is 4. The fraction of sp³-hybridized carbons (Fsp3) is 0.158. The first kappa shape index (κ1) is 20.9. The van der Waals surface area contributed by atoms with Gasteiger partial charge in [0.15, 0.2) is 5.82 Å². The van der Waals surface area contributed by atoms with Gasteiger partial charge in [-0.2, -0.15) is 4.68 Å². The molecule has 1 aliphatic rings. The number of fused-ring (bicyclic) bond motifs is 1. The van der Waals surface area contributed by atoms with Crippen LogP contribution in [0.4, 0.5) is 10.1 Å². The molecule has 1 aliphatic heterocycles. The van der Waals surface area contributed by atoms with E-state index in [1.807, 2.05) is 0 Å². The van der Waals surface area contributed by atoms with Crippen LogP contribution in [-0.4, -0.2) is 48.9 Å². The summed E-state index contributed by atoms with van der Waals surface area (Å²) >= 11 is 11.9. The van der Waals surface area contributed by atoms with Gasteiger partial charge in [0.05, 0.1) is 32.5 Å². The Hall–Kier alpha value is -3.37. The lowest BCUT2D eigenvalue weighted by atomic mass is 10.1. The number of nitrogens with one attached hydrogen (secondary N) is 1. The van der Waals surface area contributed by atoms with Gasteiger partial charge in [-0.1, -0.05) is 23.2 Å². The lowest BCUT2D eigenvalue weighted by Crippen LogP contribution is -2.45. The molecule has 2 heterocycles. The molecule has 0 bridgehead atoms. The highest BCUT2D eigenvalue weighted by Gasteiger charge is 2.41. The highest BCUT2D eigenvalue weighted by Crippen LogP contribution is 2.32. The van der Waals surface area contributed by atoms with Gasteiger partial charge in [-0.3, -0.25) is 19.3 Å². The van der Waals surface area contributed by atoms with Crippen molar-refractivity contribution in [2.24, 2.45) is 0 Å². The Balaban J connectivity index is 1.59. The van der Waals surface area contributed by atoms with Crippen LogP contribution in [-0.2, 0) is 4.79 Å². The topological polar surface area (TPSA) is 110 Å². The third-order valence-corrected chi connectivity index (χ3v) is 5.53. The lowest BCUT2D eigenvalue weighted by Gasteiger charge is -2.22. The molecule has 4 rings (SSSR count). The van der Waals surface area contributed by atoms with Crippen molar-refractivity contribution in [3.8, 4) is 5.69 Å². The van der Waals surface area contributed by atoms with Gasteiger partial charge in [0.2, 0.25) is 5.91 Å². The average molecular weight is 463 g/mol. The van der Waals surface area contributed by atoms with Gasteiger partial charge in [0, 0.05) is 0 Å². The average Bonchev–Trinajstić information content (AvgIpc) is 3.25. The summed E-state index contributed by atoms with van der Waals surface area (Å²) in [6, 6.07) is 5.25. The predicted molar refractivity (Wildman–Crippen MR) is 109 cm³/mol. The van der Waals surface area contributed by atoms with Crippen LogP contribution in [0, 0.1) is 12.7 Å². The SMILES string of the molecule is Cc1nnnn1-c1ccc(F)c(NC(=O)C(C)N2C(=O)c3cc(Cl)c(Cl)cc3C2=O)c1. The van der Waals surface area contributed by atoms with Crippen molar-refractivity contribution in [3.05, 3.63) is 63.1 Å². The van der Waals surface area contributed by atoms with E-state index in [4.69, 9.17) is 23.2 Å². The molecule has 3 aromatic rings. The van der Waals surface area contributed by atoms with E-state index >= 15 is 0 Å². The largest absolute Gasteiger partial charge is 0.322 e. The Morgan fingerprint density at radius 2 is 1.71 bits per heavy atom. The van der Waals surface area contributed by atoms with E-state index in [9.17, 15) is 18.8 Å². The standard InChI is InChI=1S/C19H13Cl2FN6O3/c1-8(27-18(30)11-6-13(20)14(21)7-12(11)19(27)31)17(29)23-16-5-10(3-4-15(16)22)28-9(2)24-25-26-28/h3-8H,1-2H3,(H,23,29). The van der Waals surface area contributed by atoms with Crippen LogP contribution in [0.3, 0.4) is 0 Å². The number of amides is 3. The van der Waals surface area contributed by atoms with E-state index in [0.717, 1.165) is 11.0 Å². The Kier molecular flexibility index (Phi) is 5.19. The summed E-state index contributed by atoms with van der Waals surface area (Å²) in [5, 5.41) is 13.7. The van der Waals surface area contributed by atoms with Crippen LogP contribution in [0.2, 0.25) is 10.0 Å². The Labute approximate surface area is 184 Å². The molecule has 1 aromatic heterocycles. The number of hydrogen-bond donors (Lipinski definition) is 1. The van der Waals surface area contributed by atoms with E-state index in [0.29, 0.717) is 11.5 Å². The number of aryl methyl sites for hydroxylation is 1. The van der Waals surface area contributed by atoms with Crippen molar-refractivity contribution in [1.82, 2.24) is 25.1 Å². The third kappa shape index (κ3) is 3.53. The summed E-state index contributed by atoms with van der Waals surface area (Å²) in [5.74, 6) is -2.41. The van der Waals surface area contributed by atoms with Crippen LogP contribution >= 0.6 is 23.2 Å². The zero-order chi connectivity index (χ0) is 22.4. The van der Waals surface area contributed by atoms with E-state index in [1.54, 1.807) is 6.92 Å². The number of hydrogen-bond acceptors (Lipinski definition) is 6. The highest BCUT2D eigenvalue weighted by molar-refractivity contribution is 6.43. The number of anilines is 1. The zero-order valence-corrected chi connectivity index (χ0v) is 17.6. The second kappa shape index (κ2) is 7.71. The Morgan fingerprint density at radius 3 is 2.26 bits per heavy atom. The molecule has 1 N–H and O–H groups in total. The first-order valence-corrected chi connectivity index (χ1v) is 9.67. The molecular formula is C19H13Cl2FN6O3. The number of carbonyl (C=O) groups excluding carboxylic acids is 3. The summed E-state index contributed by atoms with van der Waals surface area (Å²) < 4.78 is 15.7. The van der Waals surface area contributed by atoms with E-state index in [1.165, 1.54) is 35.9 Å². The van der Waals surface area contributed by atoms with Gasteiger partial charge < -0.3 is 5.32 Å². The molecule has 1 atom stereocenters. The smallest absolute Gasteiger partial charge is 0.262 e. The van der Waals surface area contributed by atoms with Crippen LogP contribution in [0.1, 0.15) is 33.5 Å². The monoisotopic (exact) mass is 462 g/mol. The fourth-order valence-electron chi connectivity index (χ4n) is 3.17. The molecule has 12 heteroatoms. The highest BCUT2D eigenvalue weighted by atomic mass is 35.5. The first-order valence-electron chi connectivity index (χ1n) is 8.91. The van der Waals surface area contributed by atoms with E-state index in [-0.39, 0.29) is 26.9 Å². The third-order valence-electron chi connectivity index (χ3n) is 4.80. The molecule has 0 spiro atoms. The number of carbonyl (C=O) groups is 3. The molecule has 0 fully saturated rings. The quantitative estimate of drug-likeness (QED) is 0.596. The normalized spacial score (nSPS) is 14.0. The zero-order valence-electron chi connectivity index (χ0n) is 16.1. The molecule has 0 saturated carbocycles. The molecule has 0 radical (unpaired) electrons. The minimum atomic E-state index is -1.23. The molecular weight excluding hydrogens is 450 g/mol. The maximum Gasteiger partial charge on any atom is 0.262 e. The minimum Gasteiger partial charge on any atom is -0.322 e. The van der Waals surface area contributed by atoms with E-state index in [2.05, 4.69) is 20.8 Å². The molecule has 9 nitrogen and oxygen atoms in total. The predicted octanol–water partition coefficient (Wildman–Crippen LogP) is 3.04. The lowest BCUT2D eigenvalue weighted by molar-refractivity contribution is -0.119. The number of nitrogens with zero attached hydrogens (tertiary/aromatic N) is 5. The fourth-order valence-corrected chi connectivity index (χ4v) is 3.50. The van der Waals surface area contributed by atoms with Gasteiger partial charge in [-0.25, -0.2) is 4.39 Å². The van der Waals surface area contributed by atoms with Crippen molar-refractivity contribution < 1.29 is 18.8 Å². The van der Waals surface area contributed by atoms with Crippen molar-refractivity contribution in [3.63, 3.8) is 0 Å². The second-order valence-corrected chi connectivity index (χ2v) is 7.57. The summed E-state index contributed by atoms with van der Waals surface area (Å²) in [6.07, 6.45) is 0. The summed E-state index contributed by atoms with van der Waals surface area (Å²) in [5.41, 5.74) is 0.339. The van der Waals surface area contributed by atoms with Gasteiger partial charge in [-0.05, 0) is 54.6 Å². The number of tetrazole rings is 1. The molecule has 3 amide bonds. The van der Waals surface area contributed by atoms with E-state index < -0.39 is 29.6 Å². The number of benzene rings is 2. The van der Waals surface area contributed by atoms with Gasteiger partial charge in [0.25, 0.3) is 11.8 Å². The number of imide groups is 1. The second-order valence-electron chi connectivity index (χ2n) is 6.76. The summed E-state index contributed by atoms with van der Waals surface area (Å²) in [6.45, 7) is 3.01. The molecule has 158 valence electrons. The molecule has 0 saturated heterocycles. The Morgan fingerprint density at radius 1 is 1.10 bits per heavy atom. The van der Waals surface area contributed by atoms with Gasteiger partial charge in [-0.15, -0.1) is 5.10 Å². The summed E-state index contributed by atoms with van der Waals surface area (Å²) in [7, 11) is 0. The van der Waals surface area contributed by atoms with Gasteiger partial charge in [0.1, 0.15) is 11.9 Å². The number of aromatic nitrogens is 4. The van der Waals surface area contributed by atoms with Crippen molar-refractivity contribution >= 4 is 46.6 Å². The van der Waals surface area contributed by atoms with Crippen molar-refractivity contribution in [2.45, 2.75) is 19.9 Å². The molecule has 31 heavy (non-hydrogen) atoms. The van der Waals surface area contributed by atoms with Crippen LogP contribution < -0.4 is 5.32 Å². The maximum absolute atomic E-state index is 14.3. The van der Waals surface area contributed by atoms with Crippen molar-refractivity contribution in [2.75, 3.05) is 5.32 Å². The molecule has 2 aromatic carbocycles. The molecule has 1 unspecified atom stereocenters. The van der Waals surface area contributed by atoms with Gasteiger partial charge >= 0.3 is 0 Å². The Bertz CT molecular complexity index is 1220. The van der Waals surface area contributed by atoms with Crippen molar-refractivity contribution in [1.29, 1.82) is 0 Å². The maximum atomic E-state index is 14.3. The molecule has 0 aliphatic carbocycles. The van der Waals surface area contributed by atoms with Crippen LogP contribution in [0.25, 0.3) is 5.69 Å². The number of halogens is 3. The van der Waals surface area contributed by atoms with Crippen LogP contribution in [0.15, 0.2) is 30.3 Å².